The first-order valence-electron chi connectivity index (χ1n) is 8.96. The molecule has 0 spiro atoms. The molecule has 0 aliphatic rings. The lowest BCUT2D eigenvalue weighted by Gasteiger charge is -2.24. The highest BCUT2D eigenvalue weighted by molar-refractivity contribution is 9.10. The molecule has 0 atom stereocenters. The largest absolute Gasteiger partial charge is 0.493 e. The van der Waals surface area contributed by atoms with Gasteiger partial charge in [0.05, 0.1) is 18.7 Å². The summed E-state index contributed by atoms with van der Waals surface area (Å²) in [6.45, 7) is 0.683. The van der Waals surface area contributed by atoms with Crippen LogP contribution in [0.5, 0.6) is 11.5 Å². The van der Waals surface area contributed by atoms with Crippen LogP contribution in [0.25, 0.3) is 0 Å². The van der Waals surface area contributed by atoms with Crippen LogP contribution in [-0.4, -0.2) is 30.0 Å². The molecule has 30 heavy (non-hydrogen) atoms. The van der Waals surface area contributed by atoms with Crippen LogP contribution in [0.2, 0.25) is 10.0 Å². The Morgan fingerprint density at radius 3 is 2.33 bits per heavy atom. The molecule has 0 aliphatic carbocycles. The molecular weight excluding hydrogens is 491 g/mol. The van der Waals surface area contributed by atoms with Gasteiger partial charge >= 0.3 is 0 Å². The van der Waals surface area contributed by atoms with Crippen molar-refractivity contribution in [3.63, 3.8) is 0 Å². The molecular formula is C22H19BrCl2N2O3. The zero-order chi connectivity index (χ0) is 21.7. The van der Waals surface area contributed by atoms with Crippen molar-refractivity contribution < 1.29 is 14.3 Å². The Morgan fingerprint density at radius 1 is 1.03 bits per heavy atom. The SMILES string of the molecule is COc1cc(C(=O)N(Cc2cccnc2)Cc2cc(Cl)cc(Cl)c2)cc(Br)c1OC. The fourth-order valence-corrected chi connectivity index (χ4v) is 4.23. The topological polar surface area (TPSA) is 51.7 Å². The number of amides is 1. The molecule has 1 aromatic heterocycles. The highest BCUT2D eigenvalue weighted by Gasteiger charge is 2.21. The molecule has 5 nitrogen and oxygen atoms in total. The van der Waals surface area contributed by atoms with E-state index in [1.807, 2.05) is 12.1 Å². The molecule has 0 fully saturated rings. The Bertz CT molecular complexity index is 1030. The number of benzene rings is 2. The number of aromatic nitrogens is 1. The average molecular weight is 510 g/mol. The van der Waals surface area contributed by atoms with E-state index in [1.54, 1.807) is 54.7 Å². The van der Waals surface area contributed by atoms with Gasteiger partial charge < -0.3 is 14.4 Å². The molecule has 0 aliphatic heterocycles. The molecule has 0 bridgehead atoms. The highest BCUT2D eigenvalue weighted by atomic mass is 79.9. The first-order valence-corrected chi connectivity index (χ1v) is 10.5. The van der Waals surface area contributed by atoms with Gasteiger partial charge in [0.2, 0.25) is 0 Å². The van der Waals surface area contributed by atoms with Gasteiger partial charge in [-0.25, -0.2) is 0 Å². The predicted octanol–water partition coefficient (Wildman–Crippen LogP) is 6.01. The number of hydrogen-bond acceptors (Lipinski definition) is 4. The van der Waals surface area contributed by atoms with Crippen molar-refractivity contribution in [3.8, 4) is 11.5 Å². The molecule has 0 N–H and O–H groups in total. The van der Waals surface area contributed by atoms with Gasteiger partial charge in [-0.15, -0.1) is 0 Å². The van der Waals surface area contributed by atoms with E-state index in [0.717, 1.165) is 11.1 Å². The lowest BCUT2D eigenvalue weighted by atomic mass is 10.1. The molecule has 156 valence electrons. The van der Waals surface area contributed by atoms with Gasteiger partial charge in [0, 0.05) is 41.1 Å². The maximum Gasteiger partial charge on any atom is 0.254 e. The van der Waals surface area contributed by atoms with Crippen LogP contribution in [0, 0.1) is 0 Å². The van der Waals surface area contributed by atoms with Crippen molar-refractivity contribution in [2.24, 2.45) is 0 Å². The minimum Gasteiger partial charge on any atom is -0.493 e. The lowest BCUT2D eigenvalue weighted by molar-refractivity contribution is 0.0729. The van der Waals surface area contributed by atoms with Gasteiger partial charge in [-0.3, -0.25) is 9.78 Å². The Balaban J connectivity index is 1.98. The van der Waals surface area contributed by atoms with E-state index in [0.29, 0.717) is 44.7 Å². The van der Waals surface area contributed by atoms with Gasteiger partial charge in [0.1, 0.15) is 0 Å². The minimum atomic E-state index is -0.184. The summed E-state index contributed by atoms with van der Waals surface area (Å²) in [5, 5.41) is 1.03. The van der Waals surface area contributed by atoms with Gasteiger partial charge in [0.15, 0.2) is 11.5 Å². The van der Waals surface area contributed by atoms with E-state index >= 15 is 0 Å². The van der Waals surface area contributed by atoms with Crippen molar-refractivity contribution in [1.82, 2.24) is 9.88 Å². The molecule has 3 rings (SSSR count). The third kappa shape index (κ3) is 5.45. The number of nitrogens with zero attached hydrogens (tertiary/aromatic N) is 2. The first-order chi connectivity index (χ1) is 14.4. The number of pyridine rings is 1. The fourth-order valence-electron chi connectivity index (χ4n) is 3.06. The van der Waals surface area contributed by atoms with Gasteiger partial charge in [-0.05, 0) is 63.5 Å². The molecule has 0 saturated heterocycles. The molecule has 0 unspecified atom stereocenters. The third-order valence-corrected chi connectivity index (χ3v) is 5.39. The number of carbonyl (C=O) groups is 1. The smallest absolute Gasteiger partial charge is 0.254 e. The van der Waals surface area contributed by atoms with Gasteiger partial charge in [-0.2, -0.15) is 0 Å². The van der Waals surface area contributed by atoms with Crippen molar-refractivity contribution in [2.45, 2.75) is 13.1 Å². The van der Waals surface area contributed by atoms with E-state index in [1.165, 1.54) is 7.11 Å². The van der Waals surface area contributed by atoms with Crippen LogP contribution in [0.15, 0.2) is 59.3 Å². The second-order valence-electron chi connectivity index (χ2n) is 6.49. The van der Waals surface area contributed by atoms with Gasteiger partial charge in [0.25, 0.3) is 5.91 Å². The normalized spacial score (nSPS) is 10.6. The van der Waals surface area contributed by atoms with Crippen LogP contribution in [0.1, 0.15) is 21.5 Å². The average Bonchev–Trinajstić information content (AvgIpc) is 2.72. The zero-order valence-corrected chi connectivity index (χ0v) is 19.5. The van der Waals surface area contributed by atoms with E-state index in [9.17, 15) is 4.79 Å². The summed E-state index contributed by atoms with van der Waals surface area (Å²) in [5.74, 6) is 0.799. The molecule has 8 heteroatoms. The van der Waals surface area contributed by atoms with Crippen molar-refractivity contribution >= 4 is 45.0 Å². The summed E-state index contributed by atoms with van der Waals surface area (Å²) in [6, 6.07) is 12.4. The summed E-state index contributed by atoms with van der Waals surface area (Å²) in [5.41, 5.74) is 2.18. The monoisotopic (exact) mass is 508 g/mol. The van der Waals surface area contributed by atoms with Crippen LogP contribution >= 0.6 is 39.1 Å². The number of ether oxygens (including phenoxy) is 2. The summed E-state index contributed by atoms with van der Waals surface area (Å²) in [6.07, 6.45) is 3.42. The standard InChI is InChI=1S/C22H19BrCl2N2O3/c1-29-20-9-16(8-19(23)21(20)30-2)22(28)27(12-14-4-3-5-26-11-14)13-15-6-17(24)10-18(25)7-15/h3-11H,12-13H2,1-2H3. The van der Waals surface area contributed by atoms with Crippen LogP contribution in [0.4, 0.5) is 0 Å². The molecule has 3 aromatic rings. The number of halogens is 3. The Kier molecular flexibility index (Phi) is 7.58. The van der Waals surface area contributed by atoms with E-state index in [4.69, 9.17) is 32.7 Å². The van der Waals surface area contributed by atoms with Gasteiger partial charge in [-0.1, -0.05) is 29.3 Å². The van der Waals surface area contributed by atoms with Crippen molar-refractivity contribution in [2.75, 3.05) is 14.2 Å². The van der Waals surface area contributed by atoms with E-state index in [2.05, 4.69) is 20.9 Å². The highest BCUT2D eigenvalue weighted by Crippen LogP contribution is 2.36. The Labute approximate surface area is 193 Å². The predicted molar refractivity (Wildman–Crippen MR) is 122 cm³/mol. The number of hydrogen-bond donors (Lipinski definition) is 0. The van der Waals surface area contributed by atoms with E-state index < -0.39 is 0 Å². The molecule has 1 amide bonds. The Morgan fingerprint density at radius 2 is 1.73 bits per heavy atom. The minimum absolute atomic E-state index is 0.184. The number of carbonyl (C=O) groups excluding carboxylic acids is 1. The zero-order valence-electron chi connectivity index (χ0n) is 16.4. The van der Waals surface area contributed by atoms with Crippen LogP contribution in [-0.2, 0) is 13.1 Å². The maximum absolute atomic E-state index is 13.5. The third-order valence-electron chi connectivity index (χ3n) is 4.36. The quantitative estimate of drug-likeness (QED) is 0.391. The summed E-state index contributed by atoms with van der Waals surface area (Å²) in [4.78, 5) is 19.3. The summed E-state index contributed by atoms with van der Waals surface area (Å²) in [7, 11) is 3.07. The molecule has 0 radical (unpaired) electrons. The Hall–Kier alpha value is -2.28. The summed E-state index contributed by atoms with van der Waals surface area (Å²) >= 11 is 15.7. The molecule has 1 heterocycles. The van der Waals surface area contributed by atoms with Crippen molar-refractivity contribution in [1.29, 1.82) is 0 Å². The lowest BCUT2D eigenvalue weighted by Crippen LogP contribution is -2.30. The van der Waals surface area contributed by atoms with E-state index in [-0.39, 0.29) is 5.91 Å². The van der Waals surface area contributed by atoms with Crippen molar-refractivity contribution in [3.05, 3.63) is 86.1 Å². The number of rotatable bonds is 7. The number of methoxy groups -OCH3 is 2. The summed E-state index contributed by atoms with van der Waals surface area (Å²) < 4.78 is 11.4. The first kappa shape index (κ1) is 22.4. The maximum atomic E-state index is 13.5. The second kappa shape index (κ2) is 10.2. The van der Waals surface area contributed by atoms with Crippen LogP contribution in [0.3, 0.4) is 0 Å². The fraction of sp³-hybridized carbons (Fsp3) is 0.182. The molecule has 2 aromatic carbocycles. The second-order valence-corrected chi connectivity index (χ2v) is 8.22. The van der Waals surface area contributed by atoms with Crippen LogP contribution < -0.4 is 9.47 Å². The molecule has 0 saturated carbocycles.